The minimum atomic E-state index is -4.79. The third kappa shape index (κ3) is 6.25. The van der Waals surface area contributed by atoms with Crippen LogP contribution in [0.15, 0.2) is 65.6 Å². The van der Waals surface area contributed by atoms with Crippen molar-refractivity contribution in [2.24, 2.45) is 0 Å². The first kappa shape index (κ1) is 30.9. The number of aliphatic hydroxyl groups excluding tert-OH is 2. The number of ether oxygens (including phenoxy) is 1. The first-order valence-electron chi connectivity index (χ1n) is 13.1. The van der Waals surface area contributed by atoms with Crippen LogP contribution in [0.5, 0.6) is 5.75 Å². The van der Waals surface area contributed by atoms with E-state index in [1.165, 1.54) is 6.07 Å². The highest BCUT2D eigenvalue weighted by Crippen LogP contribution is 2.43. The van der Waals surface area contributed by atoms with Crippen molar-refractivity contribution < 1.29 is 49.7 Å². The topological polar surface area (TPSA) is 93.6 Å². The second kappa shape index (κ2) is 11.9. The Morgan fingerprint density at radius 3 is 2.33 bits per heavy atom. The second-order valence-corrected chi connectivity index (χ2v) is 12.0. The molecule has 0 unspecified atom stereocenters. The average molecular weight is 632 g/mol. The van der Waals surface area contributed by atoms with E-state index in [1.807, 2.05) is 9.80 Å². The normalized spacial score (nSPS) is 17.8. The summed E-state index contributed by atoms with van der Waals surface area (Å²) in [7, 11) is -4.60. The maximum absolute atomic E-state index is 14.3. The number of rotatable bonds is 8. The number of hydrogen-bond acceptors (Lipinski definition) is 7. The van der Waals surface area contributed by atoms with Crippen LogP contribution in [0.2, 0.25) is 0 Å². The Hall–Kier alpha value is -3.53. The molecular formula is C28H27F6N3O5S. The molecule has 2 aliphatic heterocycles. The third-order valence-electron chi connectivity index (χ3n) is 7.56. The molecule has 2 heterocycles. The largest absolute Gasteiger partial charge is 0.435 e. The molecule has 0 amide bonds. The maximum Gasteiger partial charge on any atom is 0.416 e. The summed E-state index contributed by atoms with van der Waals surface area (Å²) in [5, 5.41) is 19.4. The van der Waals surface area contributed by atoms with Gasteiger partial charge in [0.05, 0.1) is 53.7 Å². The Morgan fingerprint density at radius 1 is 0.907 bits per heavy atom. The number of aliphatic hydroxyl groups is 2. The monoisotopic (exact) mass is 631 g/mol. The molecule has 8 nitrogen and oxygen atoms in total. The highest BCUT2D eigenvalue weighted by Gasteiger charge is 2.42. The van der Waals surface area contributed by atoms with Crippen LogP contribution < -0.4 is 13.9 Å². The van der Waals surface area contributed by atoms with Crippen molar-refractivity contribution in [2.45, 2.75) is 29.8 Å². The van der Waals surface area contributed by atoms with Crippen LogP contribution in [0.25, 0.3) is 11.1 Å². The first-order chi connectivity index (χ1) is 20.3. The Labute approximate surface area is 243 Å². The van der Waals surface area contributed by atoms with Gasteiger partial charge in [0, 0.05) is 25.7 Å². The number of alkyl halides is 5. The number of halogens is 6. The molecule has 3 aromatic carbocycles. The van der Waals surface area contributed by atoms with E-state index in [1.54, 1.807) is 12.1 Å². The van der Waals surface area contributed by atoms with Crippen LogP contribution in [-0.2, 0) is 16.2 Å². The van der Waals surface area contributed by atoms with Crippen LogP contribution in [0.4, 0.5) is 37.7 Å². The Balaban J connectivity index is 1.62. The Morgan fingerprint density at radius 2 is 1.65 bits per heavy atom. The lowest BCUT2D eigenvalue weighted by Gasteiger charge is -2.50. The van der Waals surface area contributed by atoms with Gasteiger partial charge in [0.25, 0.3) is 10.0 Å². The molecule has 2 aliphatic rings. The molecule has 15 heteroatoms. The molecule has 43 heavy (non-hydrogen) atoms. The van der Waals surface area contributed by atoms with Crippen molar-refractivity contribution in [3.05, 3.63) is 72.0 Å². The van der Waals surface area contributed by atoms with E-state index in [2.05, 4.69) is 4.74 Å². The summed E-state index contributed by atoms with van der Waals surface area (Å²) in [5.41, 5.74) is -0.263. The van der Waals surface area contributed by atoms with Crippen molar-refractivity contribution in [2.75, 3.05) is 48.6 Å². The molecule has 0 radical (unpaired) electrons. The summed E-state index contributed by atoms with van der Waals surface area (Å²) < 4.78 is 114. The smallest absolute Gasteiger partial charge is 0.416 e. The van der Waals surface area contributed by atoms with Gasteiger partial charge in [-0.25, -0.2) is 12.8 Å². The highest BCUT2D eigenvalue weighted by atomic mass is 32.2. The quantitative estimate of drug-likeness (QED) is 0.361. The number of fused-ring (bicyclic) bond motifs is 3. The average Bonchev–Trinajstić information content (AvgIpc) is 2.96. The lowest BCUT2D eigenvalue weighted by Crippen LogP contribution is -2.63. The highest BCUT2D eigenvalue weighted by molar-refractivity contribution is 7.92. The van der Waals surface area contributed by atoms with E-state index in [0.29, 0.717) is 24.8 Å². The summed E-state index contributed by atoms with van der Waals surface area (Å²) >= 11 is 0. The van der Waals surface area contributed by atoms with Crippen molar-refractivity contribution >= 4 is 21.4 Å². The fourth-order valence-corrected chi connectivity index (χ4v) is 7.05. The van der Waals surface area contributed by atoms with Crippen LogP contribution in [0, 0.1) is 5.82 Å². The molecule has 0 bridgehead atoms. The van der Waals surface area contributed by atoms with Crippen molar-refractivity contribution in [3.8, 4) is 16.9 Å². The van der Waals surface area contributed by atoms with E-state index in [-0.39, 0.29) is 43.1 Å². The number of sulfonamides is 1. The van der Waals surface area contributed by atoms with Gasteiger partial charge in [0.1, 0.15) is 11.6 Å². The van der Waals surface area contributed by atoms with Crippen molar-refractivity contribution in [3.63, 3.8) is 0 Å². The SMILES string of the molecule is O=S(=O)(c1cccc(C(F)(F)F)c1)N1C[C@@H]2CN(C(CO)CO)CCN2c2ccc(-c3cc(F)cc(OC(F)F)c3)cc21. The van der Waals surface area contributed by atoms with E-state index in [0.717, 1.165) is 40.7 Å². The lowest BCUT2D eigenvalue weighted by molar-refractivity contribution is -0.137. The maximum atomic E-state index is 14.3. The van der Waals surface area contributed by atoms with Crippen LogP contribution >= 0.6 is 0 Å². The fraction of sp³-hybridized carbons (Fsp3) is 0.357. The van der Waals surface area contributed by atoms with E-state index < -0.39 is 56.9 Å². The molecule has 5 rings (SSSR count). The molecule has 1 saturated heterocycles. The summed E-state index contributed by atoms with van der Waals surface area (Å²) in [4.78, 5) is 3.14. The summed E-state index contributed by atoms with van der Waals surface area (Å²) in [6, 6.07) is 9.80. The van der Waals surface area contributed by atoms with Gasteiger partial charge in [-0.15, -0.1) is 0 Å². The van der Waals surface area contributed by atoms with Gasteiger partial charge < -0.3 is 19.8 Å². The minimum Gasteiger partial charge on any atom is -0.435 e. The van der Waals surface area contributed by atoms with E-state index >= 15 is 0 Å². The first-order valence-corrected chi connectivity index (χ1v) is 14.6. The number of nitrogens with zero attached hydrogens (tertiary/aromatic N) is 3. The van der Waals surface area contributed by atoms with E-state index in [4.69, 9.17) is 0 Å². The summed E-state index contributed by atoms with van der Waals surface area (Å²) in [5.74, 6) is -1.33. The predicted molar refractivity (Wildman–Crippen MR) is 145 cm³/mol. The summed E-state index contributed by atoms with van der Waals surface area (Å²) in [6.07, 6.45) is -4.79. The standard InChI is InChI=1S/C28H27F6N3O5S/c29-20-8-18(9-23(12-20)42-27(30)31)17-4-5-25-26(10-17)37(14-21-13-35(6-7-36(21)25)22(15-38)16-39)43(40,41)24-3-1-2-19(11-24)28(32,33)34/h1-5,8-12,21-22,27,38-39H,6-7,13-16H2/t21-/m0/s1. The zero-order valence-corrected chi connectivity index (χ0v) is 23.2. The van der Waals surface area contributed by atoms with Crippen molar-refractivity contribution in [1.29, 1.82) is 0 Å². The zero-order chi connectivity index (χ0) is 31.1. The third-order valence-corrected chi connectivity index (χ3v) is 9.34. The van der Waals surface area contributed by atoms with Gasteiger partial charge in [0.2, 0.25) is 0 Å². The van der Waals surface area contributed by atoms with Gasteiger partial charge in [-0.1, -0.05) is 12.1 Å². The molecule has 232 valence electrons. The van der Waals surface area contributed by atoms with Gasteiger partial charge >= 0.3 is 12.8 Å². The minimum absolute atomic E-state index is 0.0982. The fourth-order valence-electron chi connectivity index (χ4n) is 5.50. The lowest BCUT2D eigenvalue weighted by atomic mass is 9.99. The van der Waals surface area contributed by atoms with E-state index in [9.17, 15) is 45.0 Å². The molecule has 2 N–H and O–H groups in total. The van der Waals surface area contributed by atoms with Crippen LogP contribution in [-0.4, -0.2) is 81.6 Å². The number of piperazine rings is 1. The van der Waals surface area contributed by atoms with Crippen molar-refractivity contribution in [1.82, 2.24) is 4.90 Å². The molecule has 1 atom stereocenters. The number of hydrogen-bond donors (Lipinski definition) is 2. The zero-order valence-electron chi connectivity index (χ0n) is 22.4. The second-order valence-electron chi connectivity index (χ2n) is 10.2. The number of benzene rings is 3. The predicted octanol–water partition coefficient (Wildman–Crippen LogP) is 4.17. The molecule has 0 saturated carbocycles. The summed E-state index contributed by atoms with van der Waals surface area (Å²) in [6.45, 7) is -3.05. The molecular weight excluding hydrogens is 604 g/mol. The van der Waals surface area contributed by atoms with Crippen LogP contribution in [0.3, 0.4) is 0 Å². The molecule has 0 aromatic heterocycles. The van der Waals surface area contributed by atoms with Gasteiger partial charge in [0.15, 0.2) is 0 Å². The van der Waals surface area contributed by atoms with Gasteiger partial charge in [-0.2, -0.15) is 22.0 Å². The molecule has 1 fully saturated rings. The van der Waals surface area contributed by atoms with Gasteiger partial charge in [-0.3, -0.25) is 9.21 Å². The molecule has 3 aromatic rings. The van der Waals surface area contributed by atoms with Crippen LogP contribution in [0.1, 0.15) is 5.56 Å². The number of anilines is 2. The Kier molecular flexibility index (Phi) is 8.53. The Bertz CT molecular complexity index is 1590. The molecule has 0 spiro atoms. The molecule has 0 aliphatic carbocycles. The van der Waals surface area contributed by atoms with Gasteiger partial charge in [-0.05, 0) is 53.6 Å².